The van der Waals surface area contributed by atoms with Gasteiger partial charge in [-0.25, -0.2) is 9.78 Å². The van der Waals surface area contributed by atoms with Gasteiger partial charge in [0, 0.05) is 11.1 Å². The van der Waals surface area contributed by atoms with Crippen molar-refractivity contribution >= 4 is 46.0 Å². The van der Waals surface area contributed by atoms with Crippen molar-refractivity contribution in [1.82, 2.24) is 15.2 Å². The number of carboxylic acid groups (broad SMARTS) is 1. The van der Waals surface area contributed by atoms with Crippen molar-refractivity contribution in [3.8, 4) is 0 Å². The van der Waals surface area contributed by atoms with Crippen molar-refractivity contribution in [2.24, 2.45) is 0 Å². The van der Waals surface area contributed by atoms with Crippen LogP contribution in [-0.4, -0.2) is 49.9 Å². The molecule has 1 fully saturated rings. The molecule has 24 heavy (non-hydrogen) atoms. The van der Waals surface area contributed by atoms with Crippen LogP contribution in [0.2, 0.25) is 0 Å². The minimum atomic E-state index is -1.17. The zero-order valence-electron chi connectivity index (χ0n) is 12.4. The quantitative estimate of drug-likeness (QED) is 0.635. The Hall–Kier alpha value is -2.33. The lowest BCUT2D eigenvalue weighted by Gasteiger charge is -2.49. The SMILES string of the molecule is C=CC1=C(C(=O)O)N2C(=O)C(NC(=O)Cc3csc(N)n3)C2SC1. The number of allylic oxidation sites excluding steroid dienone is 1. The summed E-state index contributed by atoms with van der Waals surface area (Å²) in [5.41, 5.74) is 6.49. The lowest BCUT2D eigenvalue weighted by molar-refractivity contribution is -0.150. The van der Waals surface area contributed by atoms with Crippen LogP contribution in [0.3, 0.4) is 0 Å². The molecule has 2 unspecified atom stereocenters. The fourth-order valence-corrected chi connectivity index (χ4v) is 4.50. The van der Waals surface area contributed by atoms with Crippen LogP contribution in [0, 0.1) is 0 Å². The van der Waals surface area contributed by atoms with Crippen LogP contribution in [0.25, 0.3) is 0 Å². The summed E-state index contributed by atoms with van der Waals surface area (Å²) in [4.78, 5) is 41.0. The van der Waals surface area contributed by atoms with Crippen LogP contribution >= 0.6 is 23.1 Å². The standard InChI is InChI=1S/C14H14N4O4S2/c1-2-6-4-23-12-9(11(20)18(12)10(6)13(21)22)17-8(19)3-7-5-24-14(15)16-7/h2,5,9,12H,1,3-4H2,(H2,15,16)(H,17,19)(H,21,22). The number of carbonyl (C=O) groups excluding carboxylic acids is 2. The van der Waals surface area contributed by atoms with Crippen molar-refractivity contribution < 1.29 is 19.5 Å². The minimum absolute atomic E-state index is 0.0222. The van der Waals surface area contributed by atoms with Gasteiger partial charge in [0.25, 0.3) is 5.91 Å². The highest BCUT2D eigenvalue weighted by atomic mass is 32.2. The Morgan fingerprint density at radius 2 is 2.33 bits per heavy atom. The first-order valence-corrected chi connectivity index (χ1v) is 8.88. The van der Waals surface area contributed by atoms with E-state index >= 15 is 0 Å². The lowest BCUT2D eigenvalue weighted by atomic mass is 10.0. The molecule has 10 heteroatoms. The molecule has 8 nitrogen and oxygen atoms in total. The van der Waals surface area contributed by atoms with E-state index in [1.54, 1.807) is 5.38 Å². The molecule has 3 rings (SSSR count). The molecular weight excluding hydrogens is 352 g/mol. The summed E-state index contributed by atoms with van der Waals surface area (Å²) in [7, 11) is 0. The molecule has 0 saturated carbocycles. The number of amides is 2. The summed E-state index contributed by atoms with van der Waals surface area (Å²) in [6.07, 6.45) is 1.47. The maximum atomic E-state index is 12.3. The first kappa shape index (κ1) is 16.5. The Morgan fingerprint density at radius 1 is 1.58 bits per heavy atom. The second kappa shape index (κ2) is 6.29. The largest absolute Gasteiger partial charge is 0.477 e. The Morgan fingerprint density at radius 3 is 2.92 bits per heavy atom. The highest BCUT2D eigenvalue weighted by Crippen LogP contribution is 2.40. The van der Waals surface area contributed by atoms with Crippen molar-refractivity contribution in [1.29, 1.82) is 0 Å². The number of carbonyl (C=O) groups is 3. The molecule has 0 radical (unpaired) electrons. The number of aromatic nitrogens is 1. The first-order chi connectivity index (χ1) is 11.4. The monoisotopic (exact) mass is 366 g/mol. The number of hydrogen-bond acceptors (Lipinski definition) is 7. The van der Waals surface area contributed by atoms with Gasteiger partial charge >= 0.3 is 5.97 Å². The first-order valence-electron chi connectivity index (χ1n) is 6.95. The molecule has 126 valence electrons. The second-order valence-corrected chi connectivity index (χ2v) is 7.19. The molecule has 1 saturated heterocycles. The number of hydrogen-bond donors (Lipinski definition) is 3. The summed E-state index contributed by atoms with van der Waals surface area (Å²) in [5.74, 6) is -1.54. The lowest BCUT2D eigenvalue weighted by Crippen LogP contribution is -2.70. The molecule has 2 aliphatic rings. The van der Waals surface area contributed by atoms with Gasteiger partial charge in [0.05, 0.1) is 12.1 Å². The summed E-state index contributed by atoms with van der Waals surface area (Å²) < 4.78 is 0. The van der Waals surface area contributed by atoms with Crippen molar-refractivity contribution in [3.63, 3.8) is 0 Å². The van der Waals surface area contributed by atoms with Crippen LogP contribution in [-0.2, 0) is 20.8 Å². The number of nitrogens with zero attached hydrogens (tertiary/aromatic N) is 2. The molecule has 1 aromatic heterocycles. The number of anilines is 1. The molecule has 2 aliphatic heterocycles. The Bertz CT molecular complexity index is 773. The number of rotatable bonds is 5. The highest BCUT2D eigenvalue weighted by Gasteiger charge is 2.53. The number of thiazole rings is 1. The van der Waals surface area contributed by atoms with E-state index < -0.39 is 23.3 Å². The number of carboxylic acids is 1. The average molecular weight is 366 g/mol. The van der Waals surface area contributed by atoms with Gasteiger partial charge in [-0.2, -0.15) is 0 Å². The zero-order valence-corrected chi connectivity index (χ0v) is 14.0. The second-order valence-electron chi connectivity index (χ2n) is 5.19. The van der Waals surface area contributed by atoms with Gasteiger partial charge in [-0.15, -0.1) is 23.1 Å². The molecule has 4 N–H and O–H groups in total. The van der Waals surface area contributed by atoms with E-state index in [-0.39, 0.29) is 18.0 Å². The number of fused-ring (bicyclic) bond motifs is 1. The Balaban J connectivity index is 1.69. The maximum Gasteiger partial charge on any atom is 0.352 e. The van der Waals surface area contributed by atoms with Crippen molar-refractivity contribution in [3.05, 3.63) is 35.0 Å². The fraction of sp³-hybridized carbons (Fsp3) is 0.286. The molecule has 3 heterocycles. The van der Waals surface area contributed by atoms with Gasteiger partial charge in [-0.05, 0) is 5.57 Å². The highest BCUT2D eigenvalue weighted by molar-refractivity contribution is 8.00. The van der Waals surface area contributed by atoms with Gasteiger partial charge in [0.2, 0.25) is 5.91 Å². The van der Waals surface area contributed by atoms with Crippen molar-refractivity contribution in [2.45, 2.75) is 17.8 Å². The molecule has 1 aromatic rings. The number of thioether (sulfide) groups is 1. The topological polar surface area (TPSA) is 126 Å². The van der Waals surface area contributed by atoms with Crippen LogP contribution in [0.1, 0.15) is 5.69 Å². The third kappa shape index (κ3) is 2.78. The Kier molecular flexibility index (Phi) is 4.33. The van der Waals surface area contributed by atoms with E-state index in [9.17, 15) is 19.5 Å². The van der Waals surface area contributed by atoms with Gasteiger partial charge in [-0.3, -0.25) is 14.5 Å². The average Bonchev–Trinajstić information content (AvgIpc) is 2.95. The summed E-state index contributed by atoms with van der Waals surface area (Å²) in [5, 5.41) is 13.6. The normalized spacial score (nSPS) is 22.7. The number of nitrogens with two attached hydrogens (primary N) is 1. The molecule has 0 aromatic carbocycles. The zero-order chi connectivity index (χ0) is 17.4. The van der Waals surface area contributed by atoms with E-state index in [1.165, 1.54) is 34.1 Å². The van der Waals surface area contributed by atoms with Crippen LogP contribution in [0.4, 0.5) is 5.13 Å². The third-order valence-corrected chi connectivity index (χ3v) is 5.70. The number of β-lactam (4-membered cyclic amide) rings is 1. The van der Waals surface area contributed by atoms with Gasteiger partial charge in [0.15, 0.2) is 5.13 Å². The van der Waals surface area contributed by atoms with Gasteiger partial charge in [0.1, 0.15) is 17.1 Å². The fourth-order valence-electron chi connectivity index (χ4n) is 2.59. The van der Waals surface area contributed by atoms with E-state index in [2.05, 4.69) is 16.9 Å². The van der Waals surface area contributed by atoms with Crippen LogP contribution in [0.15, 0.2) is 29.3 Å². The third-order valence-electron chi connectivity index (χ3n) is 3.67. The van der Waals surface area contributed by atoms with E-state index in [4.69, 9.17) is 5.73 Å². The van der Waals surface area contributed by atoms with E-state index in [0.29, 0.717) is 22.2 Å². The van der Waals surface area contributed by atoms with Crippen molar-refractivity contribution in [2.75, 3.05) is 11.5 Å². The molecular formula is C14H14N4O4S2. The molecule has 0 aliphatic carbocycles. The smallest absolute Gasteiger partial charge is 0.352 e. The Labute approximate surface area is 145 Å². The van der Waals surface area contributed by atoms with E-state index in [1.807, 2.05) is 0 Å². The number of nitrogens with one attached hydrogen (secondary N) is 1. The summed E-state index contributed by atoms with van der Waals surface area (Å²) >= 11 is 2.63. The number of aliphatic carboxylic acids is 1. The van der Waals surface area contributed by atoms with Gasteiger partial charge < -0.3 is 16.2 Å². The van der Waals surface area contributed by atoms with Gasteiger partial charge in [-0.1, -0.05) is 12.7 Å². The predicted octanol–water partition coefficient (Wildman–Crippen LogP) is 0.192. The minimum Gasteiger partial charge on any atom is -0.477 e. The summed E-state index contributed by atoms with van der Waals surface area (Å²) in [6.45, 7) is 3.58. The van der Waals surface area contributed by atoms with E-state index in [0.717, 1.165) is 0 Å². The molecule has 0 bridgehead atoms. The summed E-state index contributed by atoms with van der Waals surface area (Å²) in [6, 6.07) is -0.737. The maximum absolute atomic E-state index is 12.3. The molecule has 0 spiro atoms. The molecule has 2 amide bonds. The molecule has 2 atom stereocenters. The van der Waals surface area contributed by atoms with Crippen LogP contribution < -0.4 is 11.1 Å². The predicted molar refractivity (Wildman–Crippen MR) is 90.1 cm³/mol. The number of nitrogen functional groups attached to an aromatic ring is 1. The van der Waals surface area contributed by atoms with Crippen LogP contribution in [0.5, 0.6) is 0 Å².